The van der Waals surface area contributed by atoms with Crippen molar-refractivity contribution >= 4 is 44.5 Å². The van der Waals surface area contributed by atoms with Crippen molar-refractivity contribution in [3.8, 4) is 0 Å². The predicted molar refractivity (Wildman–Crippen MR) is 93.0 cm³/mol. The third kappa shape index (κ3) is 4.14. The fraction of sp³-hybridized carbons (Fsp3) is 0.692. The molecule has 3 atom stereocenters. The van der Waals surface area contributed by atoms with Crippen LogP contribution in [0.25, 0.3) is 0 Å². The van der Waals surface area contributed by atoms with Gasteiger partial charge in [-0.25, -0.2) is 8.42 Å². The smallest absolute Gasteiger partial charge is 0.164 e. The highest BCUT2D eigenvalue weighted by Gasteiger charge is 2.38. The average Bonchev–Trinajstić information content (AvgIpc) is 2.84. The standard InChI is InChI=1S/C13H21ClN2O2S3/c1-3-9(15)13(10-4-5-11(14)20-10)16-6-7-19-8-12(16)21(2,17)18/h4-5,9,12-13H,3,6-8,15H2,1-2H3. The Hall–Kier alpha value is 0.210. The highest BCUT2D eigenvalue weighted by atomic mass is 35.5. The van der Waals surface area contributed by atoms with E-state index in [1.165, 1.54) is 17.6 Å². The zero-order valence-corrected chi connectivity index (χ0v) is 15.4. The summed E-state index contributed by atoms with van der Waals surface area (Å²) in [6, 6.07) is 3.62. The number of nitrogens with two attached hydrogens (primary N) is 1. The molecule has 0 amide bonds. The van der Waals surface area contributed by atoms with Gasteiger partial charge in [0.05, 0.1) is 10.4 Å². The molecule has 2 heterocycles. The lowest BCUT2D eigenvalue weighted by molar-refractivity contribution is 0.168. The number of thiophene rings is 1. The summed E-state index contributed by atoms with van der Waals surface area (Å²) in [4.78, 5) is 3.11. The predicted octanol–water partition coefficient (Wildman–Crippen LogP) is 2.60. The SMILES string of the molecule is CCC(N)C(c1ccc(Cl)s1)N1CCSCC1S(C)(=O)=O. The van der Waals surface area contributed by atoms with E-state index in [-0.39, 0.29) is 12.1 Å². The fourth-order valence-electron chi connectivity index (χ4n) is 2.61. The lowest BCUT2D eigenvalue weighted by Gasteiger charge is -2.41. The molecule has 0 aliphatic carbocycles. The number of nitrogens with zero attached hydrogens (tertiary/aromatic N) is 1. The van der Waals surface area contributed by atoms with E-state index in [0.717, 1.165) is 23.6 Å². The molecule has 1 aliphatic heterocycles. The number of sulfone groups is 1. The number of rotatable bonds is 5. The Labute approximate surface area is 140 Å². The van der Waals surface area contributed by atoms with E-state index in [2.05, 4.69) is 4.90 Å². The molecule has 0 radical (unpaired) electrons. The minimum absolute atomic E-state index is 0.0897. The summed E-state index contributed by atoms with van der Waals surface area (Å²) in [6.07, 6.45) is 2.10. The van der Waals surface area contributed by atoms with Crippen molar-refractivity contribution in [1.82, 2.24) is 4.90 Å². The Kier molecular flexibility index (Phi) is 6.01. The van der Waals surface area contributed by atoms with Gasteiger partial charge in [0.1, 0.15) is 5.37 Å². The molecule has 0 bridgehead atoms. The lowest BCUT2D eigenvalue weighted by Crippen LogP contribution is -2.52. The van der Waals surface area contributed by atoms with Gasteiger partial charge in [0.15, 0.2) is 9.84 Å². The summed E-state index contributed by atoms with van der Waals surface area (Å²) in [6.45, 7) is 2.76. The van der Waals surface area contributed by atoms with Crippen molar-refractivity contribution in [3.63, 3.8) is 0 Å². The molecule has 4 nitrogen and oxygen atoms in total. The maximum absolute atomic E-state index is 12.1. The van der Waals surface area contributed by atoms with Crippen LogP contribution in [0.1, 0.15) is 24.3 Å². The maximum Gasteiger partial charge on any atom is 0.164 e. The molecule has 0 saturated carbocycles. The van der Waals surface area contributed by atoms with Crippen molar-refractivity contribution in [2.24, 2.45) is 5.73 Å². The Morgan fingerprint density at radius 3 is 2.76 bits per heavy atom. The molecule has 1 aliphatic rings. The van der Waals surface area contributed by atoms with Crippen molar-refractivity contribution in [3.05, 3.63) is 21.3 Å². The van der Waals surface area contributed by atoms with Gasteiger partial charge in [0.2, 0.25) is 0 Å². The second-order valence-corrected chi connectivity index (χ2v) is 10.4. The summed E-state index contributed by atoms with van der Waals surface area (Å²) < 4.78 is 25.0. The average molecular weight is 369 g/mol. The number of thioether (sulfide) groups is 1. The summed E-state index contributed by atoms with van der Waals surface area (Å²) in [5.74, 6) is 1.53. The molecule has 8 heteroatoms. The first-order valence-corrected chi connectivity index (χ1v) is 11.2. The van der Waals surface area contributed by atoms with Crippen LogP contribution in [0.4, 0.5) is 0 Å². The monoisotopic (exact) mass is 368 g/mol. The van der Waals surface area contributed by atoms with Crippen LogP contribution < -0.4 is 5.73 Å². The summed E-state index contributed by atoms with van der Waals surface area (Å²) in [5, 5.41) is -0.472. The van der Waals surface area contributed by atoms with Gasteiger partial charge in [-0.2, -0.15) is 11.8 Å². The van der Waals surface area contributed by atoms with Gasteiger partial charge in [0.25, 0.3) is 0 Å². The molecular formula is C13H21ClN2O2S3. The number of halogens is 1. The van der Waals surface area contributed by atoms with Crippen LogP contribution in [0.5, 0.6) is 0 Å². The van der Waals surface area contributed by atoms with Crippen molar-refractivity contribution in [2.75, 3.05) is 24.3 Å². The highest BCUT2D eigenvalue weighted by molar-refractivity contribution is 8.00. The van der Waals surface area contributed by atoms with Crippen LogP contribution in [0.2, 0.25) is 4.34 Å². The van der Waals surface area contributed by atoms with Gasteiger partial charge in [-0.15, -0.1) is 11.3 Å². The first-order chi connectivity index (χ1) is 9.84. The second kappa shape index (κ2) is 7.19. The Bertz CT molecular complexity index is 576. The van der Waals surface area contributed by atoms with Gasteiger partial charge in [-0.05, 0) is 18.6 Å². The van der Waals surface area contributed by atoms with E-state index < -0.39 is 15.2 Å². The molecule has 1 fully saturated rings. The molecule has 1 aromatic heterocycles. The molecular weight excluding hydrogens is 348 g/mol. The van der Waals surface area contributed by atoms with Crippen LogP contribution >= 0.6 is 34.7 Å². The van der Waals surface area contributed by atoms with Crippen molar-refractivity contribution in [1.29, 1.82) is 0 Å². The topological polar surface area (TPSA) is 63.4 Å². The molecule has 0 spiro atoms. The van der Waals surface area contributed by atoms with Gasteiger partial charge in [-0.3, -0.25) is 4.90 Å². The quantitative estimate of drug-likeness (QED) is 0.865. The van der Waals surface area contributed by atoms with E-state index in [1.54, 1.807) is 11.8 Å². The molecule has 3 unspecified atom stereocenters. The summed E-state index contributed by atoms with van der Waals surface area (Å²) in [7, 11) is -3.14. The third-order valence-corrected chi connectivity index (χ3v) is 7.70. The van der Waals surface area contributed by atoms with Gasteiger partial charge in [-0.1, -0.05) is 18.5 Å². The Balaban J connectivity index is 2.38. The normalized spacial score (nSPS) is 23.9. The second-order valence-electron chi connectivity index (χ2n) is 5.26. The largest absolute Gasteiger partial charge is 0.326 e. The van der Waals surface area contributed by atoms with Crippen molar-refractivity contribution < 1.29 is 8.42 Å². The van der Waals surface area contributed by atoms with Crippen LogP contribution in [-0.2, 0) is 9.84 Å². The number of hydrogen-bond donors (Lipinski definition) is 1. The lowest BCUT2D eigenvalue weighted by atomic mass is 10.0. The minimum Gasteiger partial charge on any atom is -0.326 e. The molecule has 120 valence electrons. The van der Waals surface area contributed by atoms with Gasteiger partial charge < -0.3 is 5.73 Å². The first-order valence-electron chi connectivity index (χ1n) is 6.87. The van der Waals surface area contributed by atoms with Crippen molar-refractivity contribution in [2.45, 2.75) is 30.8 Å². The van der Waals surface area contributed by atoms with Crippen LogP contribution in [-0.4, -0.2) is 49.0 Å². The number of hydrogen-bond acceptors (Lipinski definition) is 6. The molecule has 21 heavy (non-hydrogen) atoms. The van der Waals surface area contributed by atoms with E-state index in [4.69, 9.17) is 17.3 Å². The van der Waals surface area contributed by atoms with Gasteiger partial charge >= 0.3 is 0 Å². The first kappa shape index (κ1) is 17.6. The molecule has 1 saturated heterocycles. The third-order valence-electron chi connectivity index (χ3n) is 3.74. The maximum atomic E-state index is 12.1. The highest BCUT2D eigenvalue weighted by Crippen LogP contribution is 2.37. The van der Waals surface area contributed by atoms with Gasteiger partial charge in [0, 0.05) is 35.2 Å². The molecule has 0 aromatic carbocycles. The van der Waals surface area contributed by atoms with E-state index in [1.807, 2.05) is 19.1 Å². The van der Waals surface area contributed by atoms with E-state index in [0.29, 0.717) is 10.1 Å². The van der Waals surface area contributed by atoms with Crippen LogP contribution in [0, 0.1) is 0 Å². The van der Waals surface area contributed by atoms with E-state index >= 15 is 0 Å². The molecule has 2 rings (SSSR count). The van der Waals surface area contributed by atoms with Crippen LogP contribution in [0.15, 0.2) is 12.1 Å². The molecule has 1 aromatic rings. The fourth-order valence-corrected chi connectivity index (χ4v) is 6.78. The molecule has 2 N–H and O–H groups in total. The minimum atomic E-state index is -3.14. The van der Waals surface area contributed by atoms with Crippen LogP contribution in [0.3, 0.4) is 0 Å². The Morgan fingerprint density at radius 2 is 2.24 bits per heavy atom. The van der Waals surface area contributed by atoms with E-state index in [9.17, 15) is 8.42 Å². The summed E-state index contributed by atoms with van der Waals surface area (Å²) >= 11 is 9.23. The zero-order valence-electron chi connectivity index (χ0n) is 12.2. The zero-order chi connectivity index (χ0) is 15.6. The Morgan fingerprint density at radius 1 is 1.52 bits per heavy atom. The summed E-state index contributed by atoms with van der Waals surface area (Å²) in [5.41, 5.74) is 6.32.